The number of nitrogens with one attached hydrogen (secondary N) is 1. The summed E-state index contributed by atoms with van der Waals surface area (Å²) in [4.78, 5) is 26.3. The maximum Gasteiger partial charge on any atom is 0.416 e. The van der Waals surface area contributed by atoms with Crippen LogP contribution in [0.1, 0.15) is 59.3 Å². The van der Waals surface area contributed by atoms with Crippen LogP contribution in [0.4, 0.5) is 13.2 Å². The summed E-state index contributed by atoms with van der Waals surface area (Å²) in [5, 5.41) is 12.1. The van der Waals surface area contributed by atoms with Gasteiger partial charge in [-0.3, -0.25) is 9.69 Å². The van der Waals surface area contributed by atoms with Gasteiger partial charge in [-0.1, -0.05) is 24.3 Å². The van der Waals surface area contributed by atoms with Crippen molar-refractivity contribution in [1.82, 2.24) is 10.2 Å². The molecule has 4 atom stereocenters. The highest BCUT2D eigenvalue weighted by Crippen LogP contribution is 2.46. The number of aromatic carboxylic acids is 1. The molecule has 1 aliphatic carbocycles. The Labute approximate surface area is 184 Å². The predicted octanol–water partition coefficient (Wildman–Crippen LogP) is 4.63. The minimum Gasteiger partial charge on any atom is -0.478 e. The van der Waals surface area contributed by atoms with Crippen LogP contribution in [-0.4, -0.2) is 34.0 Å². The number of carboxylic acid groups (broad SMARTS) is 1. The molecular formula is C24H25F3N2O3. The summed E-state index contributed by atoms with van der Waals surface area (Å²) in [7, 11) is 0. The van der Waals surface area contributed by atoms with Crippen molar-refractivity contribution in [3.8, 4) is 0 Å². The molecule has 8 heteroatoms. The molecule has 2 aromatic carbocycles. The van der Waals surface area contributed by atoms with E-state index in [0.717, 1.165) is 36.1 Å². The van der Waals surface area contributed by atoms with Gasteiger partial charge < -0.3 is 10.4 Å². The number of rotatable bonds is 6. The molecule has 2 aliphatic rings. The Morgan fingerprint density at radius 2 is 1.75 bits per heavy atom. The molecule has 0 spiro atoms. The van der Waals surface area contributed by atoms with Gasteiger partial charge in [0.25, 0.3) is 0 Å². The fourth-order valence-corrected chi connectivity index (χ4v) is 4.54. The number of hydrogen-bond acceptors (Lipinski definition) is 3. The van der Waals surface area contributed by atoms with E-state index in [2.05, 4.69) is 10.2 Å². The zero-order chi connectivity index (χ0) is 23.0. The molecule has 1 heterocycles. The lowest BCUT2D eigenvalue weighted by atomic mass is 9.99. The van der Waals surface area contributed by atoms with E-state index in [0.29, 0.717) is 18.9 Å². The fourth-order valence-electron chi connectivity index (χ4n) is 4.54. The minimum atomic E-state index is -4.37. The lowest BCUT2D eigenvalue weighted by Gasteiger charge is -2.35. The van der Waals surface area contributed by atoms with Gasteiger partial charge in [-0.15, -0.1) is 0 Å². The Hall–Kier alpha value is -2.87. The summed E-state index contributed by atoms with van der Waals surface area (Å²) in [6, 6.07) is 11.2. The molecule has 4 rings (SSSR count). The number of fused-ring (bicyclic) bond motifs is 1. The number of hydrogen-bond donors (Lipinski definition) is 2. The number of amides is 1. The van der Waals surface area contributed by atoms with Gasteiger partial charge in [0.15, 0.2) is 0 Å². The highest BCUT2D eigenvalue weighted by Gasteiger charge is 2.49. The molecule has 1 aliphatic heterocycles. The standard InChI is InChI=1S/C24H25F3N2O3/c1-14(16-4-6-17(7-5-16)23(31)32)28-22(30)20-11-8-18-12-21(18)29(20)13-15-2-9-19(10-3-15)24(25,26)27/h2-7,9-10,14,18,20-21H,8,11-13H2,1H3,(H,28,30)(H,31,32). The van der Waals surface area contributed by atoms with E-state index in [1.165, 1.54) is 24.3 Å². The van der Waals surface area contributed by atoms with E-state index in [-0.39, 0.29) is 29.6 Å². The lowest BCUT2D eigenvalue weighted by Crippen LogP contribution is -2.50. The Morgan fingerprint density at radius 1 is 1.09 bits per heavy atom. The van der Waals surface area contributed by atoms with Crippen LogP contribution >= 0.6 is 0 Å². The lowest BCUT2D eigenvalue weighted by molar-refractivity contribution is -0.137. The van der Waals surface area contributed by atoms with Crippen LogP contribution in [0.3, 0.4) is 0 Å². The van der Waals surface area contributed by atoms with E-state index >= 15 is 0 Å². The first-order valence-corrected chi connectivity index (χ1v) is 10.7. The van der Waals surface area contributed by atoms with Crippen molar-refractivity contribution >= 4 is 11.9 Å². The molecule has 0 radical (unpaired) electrons. The molecule has 32 heavy (non-hydrogen) atoms. The molecule has 0 aromatic heterocycles. The monoisotopic (exact) mass is 446 g/mol. The zero-order valence-corrected chi connectivity index (χ0v) is 17.6. The number of likely N-dealkylation sites (tertiary alicyclic amines) is 1. The molecule has 5 nitrogen and oxygen atoms in total. The number of carbonyl (C=O) groups is 2. The first-order valence-electron chi connectivity index (χ1n) is 10.7. The van der Waals surface area contributed by atoms with Crippen LogP contribution in [0, 0.1) is 5.92 Å². The third-order valence-corrected chi connectivity index (χ3v) is 6.49. The molecule has 2 fully saturated rings. The van der Waals surface area contributed by atoms with Crippen molar-refractivity contribution in [3.05, 3.63) is 70.8 Å². The molecule has 0 bridgehead atoms. The molecule has 1 saturated heterocycles. The van der Waals surface area contributed by atoms with E-state index in [4.69, 9.17) is 5.11 Å². The van der Waals surface area contributed by atoms with Crippen molar-refractivity contribution in [2.24, 2.45) is 5.92 Å². The van der Waals surface area contributed by atoms with Gasteiger partial charge in [0.05, 0.1) is 23.2 Å². The van der Waals surface area contributed by atoms with Crippen molar-refractivity contribution in [1.29, 1.82) is 0 Å². The largest absolute Gasteiger partial charge is 0.478 e. The van der Waals surface area contributed by atoms with Gasteiger partial charge in [0.2, 0.25) is 5.91 Å². The average molecular weight is 446 g/mol. The first kappa shape index (κ1) is 22.3. The van der Waals surface area contributed by atoms with Gasteiger partial charge in [-0.25, -0.2) is 4.79 Å². The van der Waals surface area contributed by atoms with Gasteiger partial charge in [-0.2, -0.15) is 13.2 Å². The van der Waals surface area contributed by atoms with Crippen molar-refractivity contribution in [2.75, 3.05) is 0 Å². The first-order chi connectivity index (χ1) is 15.1. The van der Waals surface area contributed by atoms with Crippen molar-refractivity contribution < 1.29 is 27.9 Å². The summed E-state index contributed by atoms with van der Waals surface area (Å²) in [5.74, 6) is -0.570. The molecule has 1 amide bonds. The van der Waals surface area contributed by atoms with Gasteiger partial charge >= 0.3 is 12.1 Å². The number of benzene rings is 2. The second-order valence-corrected chi connectivity index (χ2v) is 8.68. The van der Waals surface area contributed by atoms with E-state index in [9.17, 15) is 22.8 Å². The number of nitrogens with zero attached hydrogens (tertiary/aromatic N) is 1. The molecule has 2 N–H and O–H groups in total. The maximum atomic E-state index is 13.1. The zero-order valence-electron chi connectivity index (χ0n) is 17.6. The van der Waals surface area contributed by atoms with E-state index in [1.54, 1.807) is 12.1 Å². The van der Waals surface area contributed by atoms with Crippen LogP contribution in [0.25, 0.3) is 0 Å². The number of piperidine rings is 1. The summed E-state index contributed by atoms with van der Waals surface area (Å²) < 4.78 is 38.5. The molecule has 2 aromatic rings. The van der Waals surface area contributed by atoms with Crippen LogP contribution in [-0.2, 0) is 17.5 Å². The molecule has 4 unspecified atom stereocenters. The Balaban J connectivity index is 1.44. The van der Waals surface area contributed by atoms with E-state index in [1.807, 2.05) is 6.92 Å². The SMILES string of the molecule is CC(NC(=O)C1CCC2CC2N1Cc1ccc(C(F)(F)F)cc1)c1ccc(C(=O)O)cc1. The smallest absolute Gasteiger partial charge is 0.416 e. The normalized spacial score (nSPS) is 23.8. The predicted molar refractivity (Wildman–Crippen MR) is 112 cm³/mol. The second-order valence-electron chi connectivity index (χ2n) is 8.68. The second kappa shape index (κ2) is 8.58. The topological polar surface area (TPSA) is 69.6 Å². The summed E-state index contributed by atoms with van der Waals surface area (Å²) in [5.41, 5.74) is 1.06. The number of halogens is 3. The Bertz CT molecular complexity index is 989. The van der Waals surface area contributed by atoms with Crippen LogP contribution in [0.2, 0.25) is 0 Å². The van der Waals surface area contributed by atoms with Gasteiger partial charge in [0.1, 0.15) is 0 Å². The summed E-state index contributed by atoms with van der Waals surface area (Å²) in [6.45, 7) is 2.27. The van der Waals surface area contributed by atoms with Crippen LogP contribution < -0.4 is 5.32 Å². The van der Waals surface area contributed by atoms with Crippen LogP contribution in [0.5, 0.6) is 0 Å². The van der Waals surface area contributed by atoms with Gasteiger partial charge in [0, 0.05) is 12.6 Å². The van der Waals surface area contributed by atoms with Crippen molar-refractivity contribution in [2.45, 2.75) is 57.0 Å². The quantitative estimate of drug-likeness (QED) is 0.679. The summed E-state index contributed by atoms with van der Waals surface area (Å²) in [6.07, 6.45) is -1.69. The van der Waals surface area contributed by atoms with E-state index < -0.39 is 17.7 Å². The third kappa shape index (κ3) is 4.80. The van der Waals surface area contributed by atoms with Gasteiger partial charge in [-0.05, 0) is 67.5 Å². The number of carbonyl (C=O) groups excluding carboxylic acids is 1. The molecule has 1 saturated carbocycles. The average Bonchev–Trinajstić information content (AvgIpc) is 3.54. The molecule has 170 valence electrons. The third-order valence-electron chi connectivity index (χ3n) is 6.49. The highest BCUT2D eigenvalue weighted by molar-refractivity contribution is 5.87. The maximum absolute atomic E-state index is 13.1. The summed E-state index contributed by atoms with van der Waals surface area (Å²) >= 11 is 0. The Morgan fingerprint density at radius 3 is 2.34 bits per heavy atom. The highest BCUT2D eigenvalue weighted by atomic mass is 19.4. The Kier molecular flexibility index (Phi) is 5.99. The minimum absolute atomic E-state index is 0.114. The molecular weight excluding hydrogens is 421 g/mol. The fraction of sp³-hybridized carbons (Fsp3) is 0.417. The van der Waals surface area contributed by atoms with Crippen LogP contribution in [0.15, 0.2) is 48.5 Å². The number of carboxylic acids is 1. The number of alkyl halides is 3. The van der Waals surface area contributed by atoms with Crippen molar-refractivity contribution in [3.63, 3.8) is 0 Å².